The van der Waals surface area contributed by atoms with Gasteiger partial charge in [0, 0.05) is 37.9 Å². The first kappa shape index (κ1) is 26.9. The van der Waals surface area contributed by atoms with Crippen LogP contribution in [0.15, 0.2) is 66.9 Å². The van der Waals surface area contributed by atoms with E-state index in [0.29, 0.717) is 30.5 Å². The number of carbonyl (C=O) groups is 1. The quantitative estimate of drug-likeness (QED) is 0.174. The van der Waals surface area contributed by atoms with Crippen molar-refractivity contribution >= 4 is 11.9 Å². The van der Waals surface area contributed by atoms with Crippen molar-refractivity contribution in [3.63, 3.8) is 0 Å². The maximum absolute atomic E-state index is 13.8. The van der Waals surface area contributed by atoms with E-state index in [1.165, 1.54) is 4.90 Å². The van der Waals surface area contributed by atoms with Crippen LogP contribution in [0.4, 0.5) is 27.9 Å². The molecule has 0 spiro atoms. The maximum atomic E-state index is 13.8. The summed E-state index contributed by atoms with van der Waals surface area (Å²) in [5, 5.41) is 0. The van der Waals surface area contributed by atoms with Crippen LogP contribution in [0.2, 0.25) is 0 Å². The number of carbonyl (C=O) groups excluding carboxylic acids is 1. The summed E-state index contributed by atoms with van der Waals surface area (Å²) >= 11 is 0. The molecule has 1 amide bonds. The Morgan fingerprint density at radius 2 is 1.35 bits per heavy atom. The SMILES string of the molecule is O=C(COc1c(F)c(F)c(F)c(F)c1F)N1CCN(c2nccc(-c3ccc(Oc4ccccc4)cc3)n2)CC1. The van der Waals surface area contributed by atoms with Gasteiger partial charge in [0.05, 0.1) is 5.69 Å². The van der Waals surface area contributed by atoms with Crippen LogP contribution >= 0.6 is 0 Å². The fourth-order valence-corrected chi connectivity index (χ4v) is 4.07. The lowest BCUT2D eigenvalue weighted by Crippen LogP contribution is -2.50. The molecule has 12 heteroatoms. The van der Waals surface area contributed by atoms with Crippen molar-refractivity contribution < 1.29 is 36.2 Å². The molecule has 206 valence electrons. The topological polar surface area (TPSA) is 67.8 Å². The average molecular weight is 556 g/mol. The lowest BCUT2D eigenvalue weighted by Gasteiger charge is -2.34. The Morgan fingerprint density at radius 1 is 0.750 bits per heavy atom. The number of ether oxygens (including phenoxy) is 2. The molecule has 1 aliphatic rings. The molecule has 0 aliphatic carbocycles. The van der Waals surface area contributed by atoms with E-state index in [1.807, 2.05) is 59.5 Å². The number of benzene rings is 3. The summed E-state index contributed by atoms with van der Waals surface area (Å²) in [6.07, 6.45) is 1.63. The number of piperazine rings is 1. The van der Waals surface area contributed by atoms with Crippen LogP contribution in [0.3, 0.4) is 0 Å². The molecule has 5 rings (SSSR count). The van der Waals surface area contributed by atoms with Crippen LogP contribution in [0.25, 0.3) is 11.3 Å². The molecule has 0 N–H and O–H groups in total. The van der Waals surface area contributed by atoms with Crippen molar-refractivity contribution in [2.75, 3.05) is 37.7 Å². The molecule has 1 saturated heterocycles. The second kappa shape index (κ2) is 11.6. The molecule has 1 aromatic heterocycles. The summed E-state index contributed by atoms with van der Waals surface area (Å²) < 4.78 is 78.0. The van der Waals surface area contributed by atoms with Gasteiger partial charge in [-0.2, -0.15) is 8.78 Å². The highest BCUT2D eigenvalue weighted by molar-refractivity contribution is 5.78. The molecule has 0 bridgehead atoms. The number of hydrogen-bond acceptors (Lipinski definition) is 6. The first-order valence-corrected chi connectivity index (χ1v) is 12.1. The number of hydrogen-bond donors (Lipinski definition) is 0. The zero-order chi connectivity index (χ0) is 28.2. The predicted molar refractivity (Wildman–Crippen MR) is 135 cm³/mol. The van der Waals surface area contributed by atoms with Gasteiger partial charge in [-0.15, -0.1) is 0 Å². The number of anilines is 1. The number of halogens is 5. The minimum absolute atomic E-state index is 0.207. The zero-order valence-electron chi connectivity index (χ0n) is 20.8. The molecular formula is C28H21F5N4O3. The van der Waals surface area contributed by atoms with E-state index in [1.54, 1.807) is 12.3 Å². The molecule has 0 radical (unpaired) electrons. The van der Waals surface area contributed by atoms with Gasteiger partial charge in [-0.25, -0.2) is 23.1 Å². The molecule has 2 heterocycles. The molecule has 1 fully saturated rings. The van der Waals surface area contributed by atoms with Crippen LogP contribution in [-0.2, 0) is 4.79 Å². The summed E-state index contributed by atoms with van der Waals surface area (Å²) in [5.74, 6) is -11.2. The molecule has 7 nitrogen and oxygen atoms in total. The Balaban J connectivity index is 1.18. The van der Waals surface area contributed by atoms with E-state index in [2.05, 4.69) is 14.7 Å². The highest BCUT2D eigenvalue weighted by Gasteiger charge is 2.29. The monoisotopic (exact) mass is 556 g/mol. The van der Waals surface area contributed by atoms with E-state index in [0.717, 1.165) is 11.3 Å². The Kier molecular flexibility index (Phi) is 7.76. The van der Waals surface area contributed by atoms with Gasteiger partial charge in [-0.05, 0) is 42.5 Å². The zero-order valence-corrected chi connectivity index (χ0v) is 20.8. The van der Waals surface area contributed by atoms with Crippen molar-refractivity contribution in [1.29, 1.82) is 0 Å². The largest absolute Gasteiger partial charge is 0.477 e. The number of amides is 1. The summed E-state index contributed by atoms with van der Waals surface area (Å²) in [6.45, 7) is 0.217. The van der Waals surface area contributed by atoms with Crippen molar-refractivity contribution in [1.82, 2.24) is 14.9 Å². The summed E-state index contributed by atoms with van der Waals surface area (Å²) in [7, 11) is 0. The fraction of sp³-hybridized carbons (Fsp3) is 0.179. The van der Waals surface area contributed by atoms with Crippen molar-refractivity contribution in [3.05, 3.63) is 95.9 Å². The summed E-state index contributed by atoms with van der Waals surface area (Å²) in [5.41, 5.74) is 1.54. The van der Waals surface area contributed by atoms with Crippen molar-refractivity contribution in [3.8, 4) is 28.5 Å². The number of nitrogens with zero attached hydrogens (tertiary/aromatic N) is 4. The van der Waals surface area contributed by atoms with Gasteiger partial charge < -0.3 is 19.3 Å². The fourth-order valence-electron chi connectivity index (χ4n) is 4.07. The standard InChI is InChI=1S/C28H21F5N4O3/c29-22-23(30)25(32)27(26(33)24(22)31)39-16-21(38)36-12-14-37(15-13-36)28-34-11-10-20(35-28)17-6-8-19(9-7-17)40-18-4-2-1-3-5-18/h1-11H,12-16H2. The first-order chi connectivity index (χ1) is 19.3. The third kappa shape index (κ3) is 5.65. The predicted octanol–water partition coefficient (Wildman–Crippen LogP) is 5.36. The molecule has 40 heavy (non-hydrogen) atoms. The Morgan fingerprint density at radius 3 is 2.00 bits per heavy atom. The van der Waals surface area contributed by atoms with Crippen molar-refractivity contribution in [2.24, 2.45) is 0 Å². The van der Waals surface area contributed by atoms with Crippen LogP contribution in [0.5, 0.6) is 17.2 Å². The normalized spacial score (nSPS) is 13.3. The highest BCUT2D eigenvalue weighted by Crippen LogP contribution is 2.29. The number of rotatable bonds is 7. The lowest BCUT2D eigenvalue weighted by atomic mass is 10.1. The van der Waals surface area contributed by atoms with Gasteiger partial charge >= 0.3 is 0 Å². The molecule has 1 aliphatic heterocycles. The number of aromatic nitrogens is 2. The Labute approximate surface area is 225 Å². The molecular weight excluding hydrogens is 535 g/mol. The first-order valence-electron chi connectivity index (χ1n) is 12.1. The second-order valence-electron chi connectivity index (χ2n) is 8.74. The van der Waals surface area contributed by atoms with Gasteiger partial charge in [0.2, 0.25) is 35.0 Å². The molecule has 0 saturated carbocycles. The van der Waals surface area contributed by atoms with Gasteiger partial charge in [0.25, 0.3) is 5.91 Å². The summed E-state index contributed by atoms with van der Waals surface area (Å²) in [4.78, 5) is 24.7. The van der Waals surface area contributed by atoms with E-state index >= 15 is 0 Å². The van der Waals surface area contributed by atoms with Crippen molar-refractivity contribution in [2.45, 2.75) is 0 Å². The Hall–Kier alpha value is -4.74. The van der Waals surface area contributed by atoms with Crippen LogP contribution in [0.1, 0.15) is 0 Å². The van der Waals surface area contributed by atoms with E-state index in [9.17, 15) is 26.7 Å². The molecule has 0 atom stereocenters. The third-order valence-corrected chi connectivity index (χ3v) is 6.20. The van der Waals surface area contributed by atoms with Gasteiger partial charge in [0.15, 0.2) is 12.4 Å². The second-order valence-corrected chi connectivity index (χ2v) is 8.74. The molecule has 3 aromatic carbocycles. The van der Waals surface area contributed by atoms with Crippen LogP contribution < -0.4 is 14.4 Å². The third-order valence-electron chi connectivity index (χ3n) is 6.20. The lowest BCUT2D eigenvalue weighted by molar-refractivity contribution is -0.133. The average Bonchev–Trinajstić information content (AvgIpc) is 3.00. The van der Waals surface area contributed by atoms with Gasteiger partial charge in [-0.3, -0.25) is 4.79 Å². The minimum atomic E-state index is -2.30. The summed E-state index contributed by atoms with van der Waals surface area (Å²) in [6, 6.07) is 18.6. The van der Waals surface area contributed by atoms with Crippen LogP contribution in [-0.4, -0.2) is 53.6 Å². The highest BCUT2D eigenvalue weighted by atomic mass is 19.2. The van der Waals surface area contributed by atoms with E-state index < -0.39 is 47.3 Å². The van der Waals surface area contributed by atoms with Crippen LogP contribution in [0, 0.1) is 29.1 Å². The maximum Gasteiger partial charge on any atom is 0.260 e. The minimum Gasteiger partial charge on any atom is -0.477 e. The smallest absolute Gasteiger partial charge is 0.260 e. The van der Waals surface area contributed by atoms with Gasteiger partial charge in [-0.1, -0.05) is 18.2 Å². The Bertz CT molecular complexity index is 1490. The number of para-hydroxylation sites is 1. The van der Waals surface area contributed by atoms with E-state index in [4.69, 9.17) is 4.74 Å². The molecule has 4 aromatic rings. The van der Waals surface area contributed by atoms with Gasteiger partial charge in [0.1, 0.15) is 11.5 Å². The molecule has 0 unspecified atom stereocenters. The van der Waals surface area contributed by atoms with E-state index in [-0.39, 0.29) is 13.1 Å².